The lowest BCUT2D eigenvalue weighted by Gasteiger charge is -2.05. The van der Waals surface area contributed by atoms with Crippen LogP contribution in [0.2, 0.25) is 0 Å². The van der Waals surface area contributed by atoms with Crippen LogP contribution < -0.4 is 5.32 Å². The SMILES string of the molecule is COC(=O)NC(=O)Cn1nnc(C(=O)O)c1C(F)F. The van der Waals surface area contributed by atoms with E-state index in [1.165, 1.54) is 0 Å². The molecule has 0 fully saturated rings. The topological polar surface area (TPSA) is 123 Å². The molecule has 1 rings (SSSR count). The van der Waals surface area contributed by atoms with E-state index in [4.69, 9.17) is 5.11 Å². The molecule has 0 aromatic carbocycles. The van der Waals surface area contributed by atoms with Crippen LogP contribution in [0.4, 0.5) is 13.6 Å². The summed E-state index contributed by atoms with van der Waals surface area (Å²) in [5, 5.41) is 16.5. The van der Waals surface area contributed by atoms with E-state index in [1.54, 1.807) is 5.32 Å². The number of amides is 2. The second-order valence-corrected chi connectivity index (χ2v) is 3.13. The van der Waals surface area contributed by atoms with Gasteiger partial charge in [0.2, 0.25) is 0 Å². The highest BCUT2D eigenvalue weighted by Gasteiger charge is 2.27. The number of alkyl halides is 2. The minimum absolute atomic E-state index is 0.395. The average Bonchev–Trinajstić information content (AvgIpc) is 2.72. The monoisotopic (exact) mass is 278 g/mol. The second-order valence-electron chi connectivity index (χ2n) is 3.13. The Labute approximate surface area is 104 Å². The fraction of sp³-hybridized carbons (Fsp3) is 0.375. The van der Waals surface area contributed by atoms with Crippen LogP contribution in [0, 0.1) is 0 Å². The van der Waals surface area contributed by atoms with E-state index in [0.29, 0.717) is 4.68 Å². The maximum Gasteiger partial charge on any atom is 0.413 e. The third-order valence-electron chi connectivity index (χ3n) is 1.90. The second kappa shape index (κ2) is 5.84. The number of hydrogen-bond acceptors (Lipinski definition) is 6. The molecule has 2 N–H and O–H groups in total. The third-order valence-corrected chi connectivity index (χ3v) is 1.90. The van der Waals surface area contributed by atoms with Crippen LogP contribution in [0.5, 0.6) is 0 Å². The van der Waals surface area contributed by atoms with Crippen molar-refractivity contribution in [3.8, 4) is 0 Å². The molecule has 0 unspecified atom stereocenters. The molecule has 0 aliphatic carbocycles. The molecular formula is C8H8F2N4O5. The van der Waals surface area contributed by atoms with E-state index < -0.39 is 42.3 Å². The highest BCUT2D eigenvalue weighted by atomic mass is 19.3. The molecule has 0 aliphatic heterocycles. The van der Waals surface area contributed by atoms with E-state index in [0.717, 1.165) is 7.11 Å². The van der Waals surface area contributed by atoms with Crippen molar-refractivity contribution in [2.75, 3.05) is 7.11 Å². The summed E-state index contributed by atoms with van der Waals surface area (Å²) < 4.78 is 29.9. The number of ether oxygens (including phenoxy) is 1. The molecule has 0 radical (unpaired) electrons. The minimum Gasteiger partial charge on any atom is -0.476 e. The van der Waals surface area contributed by atoms with E-state index in [1.807, 2.05) is 0 Å². The van der Waals surface area contributed by atoms with Gasteiger partial charge >= 0.3 is 12.1 Å². The zero-order valence-electron chi connectivity index (χ0n) is 9.46. The first-order chi connectivity index (χ1) is 8.86. The lowest BCUT2D eigenvalue weighted by molar-refractivity contribution is -0.121. The van der Waals surface area contributed by atoms with Gasteiger partial charge in [-0.1, -0.05) is 5.21 Å². The van der Waals surface area contributed by atoms with Crippen molar-refractivity contribution in [2.45, 2.75) is 13.0 Å². The van der Waals surface area contributed by atoms with Crippen LogP contribution in [0.3, 0.4) is 0 Å². The Morgan fingerprint density at radius 2 is 2.11 bits per heavy atom. The molecule has 2 amide bonds. The average molecular weight is 278 g/mol. The number of methoxy groups -OCH3 is 1. The zero-order valence-corrected chi connectivity index (χ0v) is 9.46. The van der Waals surface area contributed by atoms with Crippen LogP contribution in [0.25, 0.3) is 0 Å². The van der Waals surface area contributed by atoms with E-state index >= 15 is 0 Å². The number of alkyl carbamates (subject to hydrolysis) is 1. The summed E-state index contributed by atoms with van der Waals surface area (Å²) in [6.45, 7) is -0.797. The summed E-state index contributed by atoms with van der Waals surface area (Å²) in [6, 6.07) is 0. The minimum atomic E-state index is -3.19. The van der Waals surface area contributed by atoms with Crippen LogP contribution in [-0.2, 0) is 16.1 Å². The number of nitrogens with zero attached hydrogens (tertiary/aromatic N) is 3. The molecule has 0 spiro atoms. The van der Waals surface area contributed by atoms with Crippen molar-refractivity contribution in [3.05, 3.63) is 11.4 Å². The van der Waals surface area contributed by atoms with Gasteiger partial charge in [0.15, 0.2) is 5.69 Å². The summed E-state index contributed by atoms with van der Waals surface area (Å²) in [5.41, 5.74) is -1.98. The van der Waals surface area contributed by atoms with Gasteiger partial charge in [0.25, 0.3) is 12.3 Å². The number of carboxylic acids is 1. The van der Waals surface area contributed by atoms with Gasteiger partial charge in [-0.05, 0) is 0 Å². The first-order valence-electron chi connectivity index (χ1n) is 4.69. The molecule has 1 heterocycles. The molecule has 19 heavy (non-hydrogen) atoms. The number of carbonyl (C=O) groups is 3. The van der Waals surface area contributed by atoms with Crippen LogP contribution in [-0.4, -0.2) is 45.2 Å². The van der Waals surface area contributed by atoms with Crippen molar-refractivity contribution in [3.63, 3.8) is 0 Å². The van der Waals surface area contributed by atoms with Crippen molar-refractivity contribution in [1.82, 2.24) is 20.3 Å². The van der Waals surface area contributed by atoms with Crippen molar-refractivity contribution in [1.29, 1.82) is 0 Å². The molecule has 0 aliphatic rings. The van der Waals surface area contributed by atoms with Crippen LogP contribution >= 0.6 is 0 Å². The largest absolute Gasteiger partial charge is 0.476 e. The summed E-state index contributed by atoms with van der Waals surface area (Å²) >= 11 is 0. The number of hydrogen-bond donors (Lipinski definition) is 2. The molecule has 0 saturated heterocycles. The Morgan fingerprint density at radius 1 is 1.47 bits per heavy atom. The molecule has 104 valence electrons. The lowest BCUT2D eigenvalue weighted by atomic mass is 10.3. The van der Waals surface area contributed by atoms with Crippen molar-refractivity contribution < 1.29 is 33.0 Å². The Hall–Kier alpha value is -2.59. The molecule has 1 aromatic heterocycles. The first kappa shape index (κ1) is 14.5. The van der Waals surface area contributed by atoms with Crippen LogP contribution in [0.15, 0.2) is 0 Å². The predicted octanol–water partition coefficient (Wildman–Crippen LogP) is -0.204. The smallest absolute Gasteiger partial charge is 0.413 e. The van der Waals surface area contributed by atoms with E-state index in [2.05, 4.69) is 15.0 Å². The van der Waals surface area contributed by atoms with Gasteiger partial charge in [0.05, 0.1) is 7.11 Å². The molecule has 0 bridgehead atoms. The van der Waals surface area contributed by atoms with Gasteiger partial charge in [-0.3, -0.25) is 10.1 Å². The highest BCUT2D eigenvalue weighted by Crippen LogP contribution is 2.21. The Morgan fingerprint density at radius 3 is 2.58 bits per heavy atom. The Balaban J connectivity index is 2.93. The molecule has 11 heteroatoms. The zero-order chi connectivity index (χ0) is 14.6. The summed E-state index contributed by atoms with van der Waals surface area (Å²) in [6.07, 6.45) is -4.27. The fourth-order valence-electron chi connectivity index (χ4n) is 1.15. The van der Waals surface area contributed by atoms with Gasteiger partial charge in [-0.15, -0.1) is 5.10 Å². The van der Waals surface area contributed by atoms with E-state index in [9.17, 15) is 23.2 Å². The molecule has 0 atom stereocenters. The number of carboxylic acid groups (broad SMARTS) is 1. The van der Waals surface area contributed by atoms with Gasteiger partial charge in [0.1, 0.15) is 12.2 Å². The maximum absolute atomic E-state index is 12.7. The van der Waals surface area contributed by atoms with Gasteiger partial charge in [0, 0.05) is 0 Å². The van der Waals surface area contributed by atoms with E-state index in [-0.39, 0.29) is 0 Å². The predicted molar refractivity (Wildman–Crippen MR) is 52.5 cm³/mol. The molecule has 1 aromatic rings. The number of imide groups is 1. The standard InChI is InChI=1S/C8H8F2N4O5/c1-19-8(18)11-3(15)2-14-5(6(9)10)4(7(16)17)12-13-14/h6H,2H2,1H3,(H,16,17)(H,11,15,18). The Bertz CT molecular complexity index is 515. The molecule has 9 nitrogen and oxygen atoms in total. The number of aromatic nitrogens is 3. The number of aromatic carboxylic acids is 1. The quantitative estimate of drug-likeness (QED) is 0.781. The molecule has 0 saturated carbocycles. The molecular weight excluding hydrogens is 270 g/mol. The maximum atomic E-state index is 12.7. The number of halogens is 2. The first-order valence-corrected chi connectivity index (χ1v) is 4.69. The van der Waals surface area contributed by atoms with Crippen molar-refractivity contribution in [2.24, 2.45) is 0 Å². The normalized spacial score (nSPS) is 10.3. The number of rotatable bonds is 4. The summed E-state index contributed by atoms with van der Waals surface area (Å²) in [7, 11) is 1.01. The summed E-state index contributed by atoms with van der Waals surface area (Å²) in [5.74, 6) is -2.70. The van der Waals surface area contributed by atoms with Gasteiger partial charge < -0.3 is 9.84 Å². The Kier molecular flexibility index (Phi) is 4.45. The number of carbonyl (C=O) groups excluding carboxylic acids is 2. The third kappa shape index (κ3) is 3.43. The van der Waals surface area contributed by atoms with Gasteiger partial charge in [-0.25, -0.2) is 23.1 Å². The van der Waals surface area contributed by atoms with Crippen LogP contribution in [0.1, 0.15) is 22.6 Å². The van der Waals surface area contributed by atoms with Gasteiger partial charge in [-0.2, -0.15) is 0 Å². The number of nitrogens with one attached hydrogen (secondary N) is 1. The lowest BCUT2D eigenvalue weighted by Crippen LogP contribution is -2.33. The fourth-order valence-corrected chi connectivity index (χ4v) is 1.15. The highest BCUT2D eigenvalue weighted by molar-refractivity contribution is 5.91. The van der Waals surface area contributed by atoms with Crippen molar-refractivity contribution >= 4 is 18.0 Å². The summed E-state index contributed by atoms with van der Waals surface area (Å²) in [4.78, 5) is 32.6.